The summed E-state index contributed by atoms with van der Waals surface area (Å²) in [6.45, 7) is 6.59. The van der Waals surface area contributed by atoms with E-state index in [9.17, 15) is 4.79 Å². The summed E-state index contributed by atoms with van der Waals surface area (Å²) in [5, 5.41) is 9.16. The molecule has 0 spiro atoms. The number of hydrogen-bond donors (Lipinski definition) is 4. The average Bonchev–Trinajstić information content (AvgIpc) is 2.15. The highest BCUT2D eigenvalue weighted by molar-refractivity contribution is 5.72. The molecule has 0 unspecified atom stereocenters. The van der Waals surface area contributed by atoms with E-state index in [1.54, 1.807) is 0 Å². The van der Waals surface area contributed by atoms with E-state index in [2.05, 4.69) is 16.0 Å². The second kappa shape index (κ2) is 10.4. The molecular formula is C9H22N4O. The Labute approximate surface area is 85.8 Å². The van der Waals surface area contributed by atoms with Gasteiger partial charge in [0.15, 0.2) is 0 Å². The van der Waals surface area contributed by atoms with Gasteiger partial charge in [-0.05, 0) is 19.5 Å². The fourth-order valence-electron chi connectivity index (χ4n) is 1.02. The van der Waals surface area contributed by atoms with Crippen LogP contribution in [0, 0.1) is 0 Å². The first kappa shape index (κ1) is 13.4. The molecule has 0 aliphatic carbocycles. The van der Waals surface area contributed by atoms with Crippen LogP contribution in [0.2, 0.25) is 0 Å². The molecule has 5 heteroatoms. The number of carbonyl (C=O) groups excluding carboxylic acids is 1. The van der Waals surface area contributed by atoms with Gasteiger partial charge >= 0.3 is 0 Å². The van der Waals surface area contributed by atoms with Gasteiger partial charge in [-0.1, -0.05) is 0 Å². The molecule has 0 aliphatic heterocycles. The molecule has 1 amide bonds. The third kappa shape index (κ3) is 11.4. The van der Waals surface area contributed by atoms with Crippen molar-refractivity contribution >= 4 is 5.91 Å². The summed E-state index contributed by atoms with van der Waals surface area (Å²) in [7, 11) is 0. The lowest BCUT2D eigenvalue weighted by Gasteiger charge is -2.05. The highest BCUT2D eigenvalue weighted by Crippen LogP contribution is 1.72. The number of nitrogens with one attached hydrogen (secondary N) is 3. The molecule has 0 aliphatic rings. The first-order valence-corrected chi connectivity index (χ1v) is 5.13. The number of nitrogens with two attached hydrogens (primary N) is 1. The first-order chi connectivity index (χ1) is 6.77. The highest BCUT2D eigenvalue weighted by atomic mass is 16.1. The molecule has 0 fully saturated rings. The molecule has 14 heavy (non-hydrogen) atoms. The van der Waals surface area contributed by atoms with Gasteiger partial charge in [-0.25, -0.2) is 0 Å². The Hall–Kier alpha value is -0.650. The highest BCUT2D eigenvalue weighted by Gasteiger charge is 1.90. The predicted molar refractivity (Wildman–Crippen MR) is 58.1 cm³/mol. The molecule has 0 rings (SSSR count). The molecule has 84 valence electrons. The van der Waals surface area contributed by atoms with Crippen LogP contribution in [0.3, 0.4) is 0 Å². The number of rotatable bonds is 9. The molecule has 0 atom stereocenters. The predicted octanol–water partition coefficient (Wildman–Crippen LogP) is -1.35. The first-order valence-electron chi connectivity index (χ1n) is 5.13. The van der Waals surface area contributed by atoms with E-state index in [1.165, 1.54) is 6.92 Å². The van der Waals surface area contributed by atoms with Crippen LogP contribution in [0.4, 0.5) is 0 Å². The number of amides is 1. The van der Waals surface area contributed by atoms with Crippen molar-refractivity contribution in [1.29, 1.82) is 0 Å². The van der Waals surface area contributed by atoms with Crippen molar-refractivity contribution < 1.29 is 4.79 Å². The van der Waals surface area contributed by atoms with Gasteiger partial charge < -0.3 is 21.7 Å². The van der Waals surface area contributed by atoms with E-state index < -0.39 is 0 Å². The maximum Gasteiger partial charge on any atom is 0.216 e. The Bertz CT molecular complexity index is 141. The van der Waals surface area contributed by atoms with Crippen molar-refractivity contribution in [1.82, 2.24) is 16.0 Å². The Morgan fingerprint density at radius 1 is 1.07 bits per heavy atom. The average molecular weight is 202 g/mol. The van der Waals surface area contributed by atoms with E-state index in [1.807, 2.05) is 0 Å². The molecule has 0 radical (unpaired) electrons. The van der Waals surface area contributed by atoms with E-state index in [0.717, 1.165) is 32.6 Å². The minimum Gasteiger partial charge on any atom is -0.355 e. The summed E-state index contributed by atoms with van der Waals surface area (Å²) in [5.41, 5.74) is 5.32. The Morgan fingerprint density at radius 3 is 2.29 bits per heavy atom. The van der Waals surface area contributed by atoms with Gasteiger partial charge in [0.25, 0.3) is 0 Å². The van der Waals surface area contributed by atoms with Crippen molar-refractivity contribution in [2.24, 2.45) is 5.73 Å². The topological polar surface area (TPSA) is 79.2 Å². The normalized spacial score (nSPS) is 10.1. The van der Waals surface area contributed by atoms with Crippen LogP contribution in [0.5, 0.6) is 0 Å². The lowest BCUT2D eigenvalue weighted by molar-refractivity contribution is -0.118. The third-order valence-corrected chi connectivity index (χ3v) is 1.70. The number of hydrogen-bond acceptors (Lipinski definition) is 4. The summed E-state index contributed by atoms with van der Waals surface area (Å²) in [6, 6.07) is 0. The van der Waals surface area contributed by atoms with Crippen molar-refractivity contribution in [2.75, 3.05) is 39.3 Å². The van der Waals surface area contributed by atoms with E-state index in [-0.39, 0.29) is 5.91 Å². The van der Waals surface area contributed by atoms with Gasteiger partial charge in [-0.15, -0.1) is 0 Å². The van der Waals surface area contributed by atoms with Gasteiger partial charge in [-0.2, -0.15) is 0 Å². The zero-order valence-electron chi connectivity index (χ0n) is 8.94. The van der Waals surface area contributed by atoms with Crippen LogP contribution in [0.25, 0.3) is 0 Å². The van der Waals surface area contributed by atoms with Crippen LogP contribution in [0.15, 0.2) is 0 Å². The molecule has 5 nitrogen and oxygen atoms in total. The fourth-order valence-corrected chi connectivity index (χ4v) is 1.02. The van der Waals surface area contributed by atoms with Gasteiger partial charge in [0.2, 0.25) is 5.91 Å². The molecule has 0 aromatic rings. The van der Waals surface area contributed by atoms with Crippen molar-refractivity contribution in [3.8, 4) is 0 Å². The quantitative estimate of drug-likeness (QED) is 0.349. The van der Waals surface area contributed by atoms with Crippen LogP contribution in [-0.2, 0) is 4.79 Å². The van der Waals surface area contributed by atoms with Crippen molar-refractivity contribution in [3.05, 3.63) is 0 Å². The minimum atomic E-state index is 0.0245. The summed E-state index contributed by atoms with van der Waals surface area (Å²) < 4.78 is 0. The summed E-state index contributed by atoms with van der Waals surface area (Å²) in [5.74, 6) is 0.0245. The largest absolute Gasteiger partial charge is 0.355 e. The monoisotopic (exact) mass is 202 g/mol. The lowest BCUT2D eigenvalue weighted by atomic mass is 10.4. The minimum absolute atomic E-state index is 0.0245. The van der Waals surface area contributed by atoms with Crippen molar-refractivity contribution in [2.45, 2.75) is 13.3 Å². The zero-order valence-corrected chi connectivity index (χ0v) is 8.94. The Morgan fingerprint density at radius 2 is 1.71 bits per heavy atom. The van der Waals surface area contributed by atoms with E-state index >= 15 is 0 Å². The Balaban J connectivity index is 2.88. The van der Waals surface area contributed by atoms with Crippen LogP contribution in [0.1, 0.15) is 13.3 Å². The van der Waals surface area contributed by atoms with Crippen molar-refractivity contribution in [3.63, 3.8) is 0 Å². The molecule has 0 saturated heterocycles. The zero-order chi connectivity index (χ0) is 10.6. The molecular weight excluding hydrogens is 180 g/mol. The van der Waals surface area contributed by atoms with Gasteiger partial charge in [0.05, 0.1) is 0 Å². The van der Waals surface area contributed by atoms with Gasteiger partial charge in [0, 0.05) is 33.1 Å². The molecule has 0 aromatic heterocycles. The van der Waals surface area contributed by atoms with Crippen LogP contribution >= 0.6 is 0 Å². The second-order valence-electron chi connectivity index (χ2n) is 3.13. The maximum atomic E-state index is 10.5. The summed E-state index contributed by atoms with van der Waals surface area (Å²) in [6.07, 6.45) is 1.08. The third-order valence-electron chi connectivity index (χ3n) is 1.70. The second-order valence-corrected chi connectivity index (χ2v) is 3.13. The standard InChI is InChI=1S/C9H22N4O/c1-9(14)13-8-7-12-5-2-4-11-6-3-10/h11-12H,2-8,10H2,1H3,(H,13,14). The molecule has 0 saturated carbocycles. The summed E-state index contributed by atoms with van der Waals surface area (Å²) >= 11 is 0. The maximum absolute atomic E-state index is 10.5. The fraction of sp³-hybridized carbons (Fsp3) is 0.889. The smallest absolute Gasteiger partial charge is 0.216 e. The molecule has 0 aromatic carbocycles. The number of carbonyl (C=O) groups is 1. The summed E-state index contributed by atoms with van der Waals surface area (Å²) in [4.78, 5) is 10.5. The van der Waals surface area contributed by atoms with E-state index in [0.29, 0.717) is 13.1 Å². The van der Waals surface area contributed by atoms with Gasteiger partial charge in [0.1, 0.15) is 0 Å². The SMILES string of the molecule is CC(=O)NCCNCCCNCCN. The molecule has 5 N–H and O–H groups in total. The van der Waals surface area contributed by atoms with Crippen LogP contribution < -0.4 is 21.7 Å². The molecule has 0 bridgehead atoms. The lowest BCUT2D eigenvalue weighted by Crippen LogP contribution is -2.32. The Kier molecular flexibility index (Phi) is 9.95. The van der Waals surface area contributed by atoms with Gasteiger partial charge in [-0.3, -0.25) is 4.79 Å². The van der Waals surface area contributed by atoms with Crippen LogP contribution in [-0.4, -0.2) is 45.2 Å². The molecule has 0 heterocycles. The van der Waals surface area contributed by atoms with E-state index in [4.69, 9.17) is 5.73 Å².